The second-order valence-electron chi connectivity index (χ2n) is 21.0. The molecule has 0 unspecified atom stereocenters. The van der Waals surface area contributed by atoms with E-state index in [0.29, 0.717) is 22.3 Å². The second kappa shape index (κ2) is 39.9. The summed E-state index contributed by atoms with van der Waals surface area (Å²) in [6.45, 7) is 0. The van der Waals surface area contributed by atoms with Crippen LogP contribution in [0.15, 0.2) is 218 Å². The van der Waals surface area contributed by atoms with Crippen molar-refractivity contribution in [1.82, 2.24) is 0 Å². The molecule has 0 bridgehead atoms. The Bertz CT molecular complexity index is 3110. The van der Waals surface area contributed by atoms with E-state index in [1.807, 2.05) is 72.8 Å². The van der Waals surface area contributed by atoms with Crippen molar-refractivity contribution in [2.45, 2.75) is 24.6 Å². The van der Waals surface area contributed by atoms with Crippen LogP contribution in [0.2, 0.25) is 0 Å². The summed E-state index contributed by atoms with van der Waals surface area (Å²) in [5.74, 6) is 0. The Morgan fingerprint density at radius 1 is 0.253 bits per heavy atom. The normalized spacial score (nSPS) is 17.0. The van der Waals surface area contributed by atoms with Crippen LogP contribution in [0.1, 0.15) is 22.3 Å². The Morgan fingerprint density at radius 2 is 0.396 bits per heavy atom. The van der Waals surface area contributed by atoms with Crippen LogP contribution in [0, 0.1) is 0 Å². The van der Waals surface area contributed by atoms with Crippen molar-refractivity contribution in [3.05, 3.63) is 241 Å². The van der Waals surface area contributed by atoms with Gasteiger partial charge < -0.3 is 77.0 Å². The minimum atomic E-state index is -4.65. The quantitative estimate of drug-likeness (QED) is 0.0645. The molecule has 0 spiro atoms. The van der Waals surface area contributed by atoms with Crippen molar-refractivity contribution in [1.29, 1.82) is 0 Å². The van der Waals surface area contributed by atoms with Crippen LogP contribution in [0.4, 0.5) is 22.7 Å². The van der Waals surface area contributed by atoms with Gasteiger partial charge in [0.15, 0.2) is 0 Å². The molecule has 0 aliphatic carbocycles. The van der Waals surface area contributed by atoms with E-state index in [0.717, 1.165) is 73.0 Å². The standard InChI is InChI=1S/2C30H34N2O6P4.6BrH.Ni/c2*33-41(34,35)19-25-11-15-27(16-12-25)31-21-39(29-7-3-1-4-8-29)22-32(24-40(23-31)30-9-5-2-6-10-30)28-17-13-26(14-18-28)20-42(36,37)38;;;;;;;/h2*1-18H,19-24H2,(H2,33,34,35)(H2,36,37,38);6*1H;/q;;;;;;;;+2/p-4. The molecule has 91 heavy (non-hydrogen) atoms. The molecular weight excluding hydrogens is 1750 g/mol. The minimum absolute atomic E-state index is 0. The maximum atomic E-state index is 11.3. The van der Waals surface area contributed by atoms with Crippen molar-refractivity contribution >= 4 is 208 Å². The number of halogens is 6. The number of benzene rings is 8. The Kier molecular flexibility index (Phi) is 37.6. The smallest absolute Gasteiger partial charge is 0.810 e. The maximum Gasteiger partial charge on any atom is 2.00 e. The predicted molar refractivity (Wildman–Crippen MR) is 399 cm³/mol. The van der Waals surface area contributed by atoms with Gasteiger partial charge in [0.1, 0.15) is 50.3 Å². The maximum absolute atomic E-state index is 11.3. The van der Waals surface area contributed by atoms with Gasteiger partial charge in [0.2, 0.25) is 0 Å². The van der Waals surface area contributed by atoms with E-state index >= 15 is 0 Å². The summed E-state index contributed by atoms with van der Waals surface area (Å²) in [5, 5.41) is 5.16. The van der Waals surface area contributed by atoms with E-state index in [1.54, 1.807) is 48.5 Å². The van der Waals surface area contributed by atoms with Crippen LogP contribution < -0.4 is 80.0 Å². The van der Waals surface area contributed by atoms with Crippen LogP contribution in [-0.4, -0.2) is 50.3 Å². The summed E-state index contributed by atoms with van der Waals surface area (Å²) in [6.07, 6.45) is 4.56. The molecule has 8 aromatic carbocycles. The van der Waals surface area contributed by atoms with Gasteiger partial charge in [-0.3, -0.25) is 0 Å². The van der Waals surface area contributed by atoms with Crippen molar-refractivity contribution in [2.75, 3.05) is 69.9 Å². The fraction of sp³-hybridized carbons (Fsp3) is 0.200. The van der Waals surface area contributed by atoms with Crippen molar-refractivity contribution < 1.29 is 73.9 Å². The molecule has 10 rings (SSSR count). The van der Waals surface area contributed by atoms with Crippen LogP contribution in [0.25, 0.3) is 0 Å². The van der Waals surface area contributed by atoms with E-state index < -0.39 is 86.7 Å². The molecule has 0 amide bonds. The first-order chi connectivity index (χ1) is 40.0. The van der Waals surface area contributed by atoms with Gasteiger partial charge in [-0.05, 0) is 119 Å². The third kappa shape index (κ3) is 27.8. The van der Waals surface area contributed by atoms with E-state index in [-0.39, 0.29) is 118 Å². The molecule has 0 atom stereocenters. The van der Waals surface area contributed by atoms with E-state index in [4.69, 9.17) is 0 Å². The summed E-state index contributed by atoms with van der Waals surface area (Å²) in [4.78, 5) is 100. The number of nitrogens with zero attached hydrogens (tertiary/aromatic N) is 4. The van der Waals surface area contributed by atoms with E-state index in [2.05, 4.69) is 117 Å². The van der Waals surface area contributed by atoms with Crippen LogP contribution >= 0.6 is 164 Å². The van der Waals surface area contributed by atoms with Crippen molar-refractivity contribution in [3.63, 3.8) is 0 Å². The summed E-state index contributed by atoms with van der Waals surface area (Å²) < 4.78 is 45.3. The minimum Gasteiger partial charge on any atom is -0.810 e. The fourth-order valence-corrected chi connectivity index (χ4v) is 24.6. The third-order valence-corrected chi connectivity index (χ3v) is 28.2. The number of anilines is 4. The van der Waals surface area contributed by atoms with Crippen LogP contribution in [0.3, 0.4) is 0 Å². The SMILES string of the molecule is Br.Br.Br.Br.Br.Br.O=P([O-])([O-])Cc1ccc(N2C[PH+](c3ccccc3)CN(c3ccc(CP(=O)([O-])[O-])cc3)C[PH+](c3ccccc3)C2)cc1.O=P([O-])([O-])Cc1ccc(N2C[PH+](c3ccccc3)CN(c3ccc(CP(=O)([O-])[O-])cc3)C[PH+](c3ccccc3)C2)cc1.[Ni+2]. The molecular formula is C60H70Br6N4NiO12P8-2. The summed E-state index contributed by atoms with van der Waals surface area (Å²) in [6, 6.07) is 71.0. The molecule has 31 heteroatoms. The van der Waals surface area contributed by atoms with Gasteiger partial charge >= 0.3 is 16.5 Å². The molecule has 496 valence electrons. The number of hydrogen-bond acceptors (Lipinski definition) is 16. The van der Waals surface area contributed by atoms with Crippen molar-refractivity contribution in [2.24, 2.45) is 0 Å². The zero-order valence-corrected chi connectivity index (χ0v) is 67.4. The van der Waals surface area contributed by atoms with E-state index in [9.17, 15) is 57.4 Å². The van der Waals surface area contributed by atoms with Gasteiger partial charge in [0, 0.05) is 47.4 Å². The molecule has 2 aliphatic rings. The van der Waals surface area contributed by atoms with E-state index in [1.165, 1.54) is 21.2 Å². The zero-order chi connectivity index (χ0) is 59.5. The first-order valence-corrected chi connectivity index (χ1v) is 41.6. The first kappa shape index (κ1) is 85.7. The molecule has 0 radical (unpaired) electrons. The molecule has 2 saturated heterocycles. The zero-order valence-electron chi connectivity index (χ0n) is 48.5. The number of hydrogen-bond donors (Lipinski definition) is 0. The summed E-state index contributed by atoms with van der Waals surface area (Å²) in [5.41, 5.74) is 5.95. The molecule has 2 fully saturated rings. The Labute approximate surface area is 611 Å². The monoisotopic (exact) mass is 1820 g/mol. The van der Waals surface area contributed by atoms with Crippen LogP contribution in [0.5, 0.6) is 0 Å². The van der Waals surface area contributed by atoms with Gasteiger partial charge in [0.25, 0.3) is 0 Å². The van der Waals surface area contributed by atoms with Gasteiger partial charge in [-0.15, -0.1) is 102 Å². The average Bonchev–Trinajstić information content (AvgIpc) is 0.886. The Balaban J connectivity index is 0.000000576. The van der Waals surface area contributed by atoms with Gasteiger partial charge in [-0.2, -0.15) is 0 Å². The van der Waals surface area contributed by atoms with Crippen molar-refractivity contribution in [3.8, 4) is 0 Å². The molecule has 0 saturated carbocycles. The van der Waals surface area contributed by atoms with Gasteiger partial charge in [-0.1, -0.05) is 152 Å². The van der Waals surface area contributed by atoms with Crippen LogP contribution in [-0.2, 0) is 59.4 Å². The third-order valence-electron chi connectivity index (χ3n) is 14.5. The Morgan fingerprint density at radius 3 is 0.527 bits per heavy atom. The molecule has 0 aromatic heterocycles. The Hall–Kier alpha value is -1.35. The molecule has 2 heterocycles. The molecule has 0 N–H and O–H groups in total. The molecule has 16 nitrogen and oxygen atoms in total. The van der Waals surface area contributed by atoms with Gasteiger partial charge in [0.05, 0.1) is 52.9 Å². The topological polar surface area (TPSA) is 266 Å². The van der Waals surface area contributed by atoms with Gasteiger partial charge in [-0.25, -0.2) is 0 Å². The largest absolute Gasteiger partial charge is 2.00 e. The molecule has 2 aliphatic heterocycles. The second-order valence-corrected chi connectivity index (χ2v) is 36.9. The first-order valence-electron chi connectivity index (χ1n) is 27.1. The fourth-order valence-electron chi connectivity index (χ4n) is 10.6. The molecule has 8 aromatic rings. The summed E-state index contributed by atoms with van der Waals surface area (Å²) >= 11 is 0. The summed E-state index contributed by atoms with van der Waals surface area (Å²) in [7, 11) is -23.3. The average molecular weight is 1830 g/mol. The predicted octanol–water partition coefficient (Wildman–Crippen LogP) is 8.96. The number of rotatable bonds is 16.